The number of hydrogen-bond donors (Lipinski definition) is 1. The highest BCUT2D eigenvalue weighted by molar-refractivity contribution is 6.25. The molecule has 0 aromatic heterocycles. The van der Waals surface area contributed by atoms with Crippen LogP contribution in [0.5, 0.6) is 5.75 Å². The number of amides is 2. The quantitative estimate of drug-likeness (QED) is 0.440. The van der Waals surface area contributed by atoms with Gasteiger partial charge in [0.2, 0.25) is 0 Å². The fourth-order valence-electron chi connectivity index (χ4n) is 5.78. The highest BCUT2D eigenvalue weighted by Crippen LogP contribution is 2.31. The van der Waals surface area contributed by atoms with Crippen LogP contribution in [0.4, 0.5) is 0 Å². The minimum atomic E-state index is -0.580. The number of aliphatic hydroxyl groups excluding tert-OH is 1. The lowest BCUT2D eigenvalue weighted by atomic mass is 9.91. The number of rotatable bonds is 8. The van der Waals surface area contributed by atoms with E-state index < -0.39 is 6.10 Å². The smallest absolute Gasteiger partial charge is 0.261 e. The second-order valence-corrected chi connectivity index (χ2v) is 10.8. The van der Waals surface area contributed by atoms with Gasteiger partial charge in [-0.15, -0.1) is 0 Å². The predicted molar refractivity (Wildman–Crippen MR) is 145 cm³/mol. The van der Waals surface area contributed by atoms with Crippen molar-refractivity contribution in [2.75, 3.05) is 32.8 Å². The van der Waals surface area contributed by atoms with E-state index in [1.54, 1.807) is 0 Å². The number of hydrogen-bond acceptors (Lipinski definition) is 5. The number of ether oxygens (including phenoxy) is 1. The molecule has 2 heterocycles. The first-order valence-electron chi connectivity index (χ1n) is 13.3. The third-order valence-corrected chi connectivity index (χ3v) is 7.78. The maximum absolute atomic E-state index is 13.2. The Morgan fingerprint density at radius 3 is 2.22 bits per heavy atom. The third kappa shape index (κ3) is 5.27. The van der Waals surface area contributed by atoms with Crippen molar-refractivity contribution in [3.8, 4) is 5.75 Å². The fraction of sp³-hybridized carbons (Fsp3) is 0.419. The lowest BCUT2D eigenvalue weighted by molar-refractivity contribution is 0.0453. The first kappa shape index (κ1) is 25.4. The average molecular weight is 501 g/mol. The summed E-state index contributed by atoms with van der Waals surface area (Å²) < 4.78 is 5.86. The van der Waals surface area contributed by atoms with Gasteiger partial charge < -0.3 is 14.7 Å². The van der Waals surface area contributed by atoms with Gasteiger partial charge >= 0.3 is 0 Å². The lowest BCUT2D eigenvalue weighted by Gasteiger charge is -2.36. The van der Waals surface area contributed by atoms with E-state index in [9.17, 15) is 14.7 Å². The first-order valence-corrected chi connectivity index (χ1v) is 13.3. The number of aryl methyl sites for hydroxylation is 1. The number of piperidine rings is 1. The zero-order chi connectivity index (χ0) is 26.1. The summed E-state index contributed by atoms with van der Waals surface area (Å²) in [6.07, 6.45) is 1.18. The predicted octanol–water partition coefficient (Wildman–Crippen LogP) is 5.02. The SMILES string of the molecule is Cc1cc(OCC(O)CN2CCC(CN3C(=O)c4cccc5cccc(c45)C3=O)CC2)ccc1C(C)C. The maximum Gasteiger partial charge on any atom is 0.261 e. The molecule has 0 bridgehead atoms. The Kier molecular flexibility index (Phi) is 7.31. The van der Waals surface area contributed by atoms with Gasteiger partial charge in [0.25, 0.3) is 11.8 Å². The van der Waals surface area contributed by atoms with Gasteiger partial charge in [0, 0.05) is 29.6 Å². The Morgan fingerprint density at radius 1 is 0.973 bits per heavy atom. The Labute approximate surface area is 218 Å². The molecule has 37 heavy (non-hydrogen) atoms. The molecule has 1 unspecified atom stereocenters. The summed E-state index contributed by atoms with van der Waals surface area (Å²) in [5.41, 5.74) is 3.74. The summed E-state index contributed by atoms with van der Waals surface area (Å²) in [6.45, 7) is 9.34. The highest BCUT2D eigenvalue weighted by Gasteiger charge is 2.34. The summed E-state index contributed by atoms with van der Waals surface area (Å²) in [5, 5.41) is 12.3. The van der Waals surface area contributed by atoms with Crippen molar-refractivity contribution in [2.24, 2.45) is 5.92 Å². The van der Waals surface area contributed by atoms with Crippen molar-refractivity contribution in [1.29, 1.82) is 0 Å². The second-order valence-electron chi connectivity index (χ2n) is 10.8. The molecule has 0 radical (unpaired) electrons. The zero-order valence-electron chi connectivity index (χ0n) is 21.9. The molecule has 3 aromatic rings. The topological polar surface area (TPSA) is 70.1 Å². The van der Waals surface area contributed by atoms with Crippen molar-refractivity contribution < 1.29 is 19.4 Å². The van der Waals surface area contributed by atoms with E-state index in [0.29, 0.717) is 30.1 Å². The van der Waals surface area contributed by atoms with Gasteiger partial charge in [-0.2, -0.15) is 0 Å². The monoisotopic (exact) mass is 500 g/mol. The van der Waals surface area contributed by atoms with Gasteiger partial charge in [0.1, 0.15) is 18.5 Å². The number of nitrogens with zero attached hydrogens (tertiary/aromatic N) is 2. The number of carbonyl (C=O) groups excluding carboxylic acids is 2. The molecule has 2 aliphatic heterocycles. The molecule has 0 saturated carbocycles. The van der Waals surface area contributed by atoms with Crippen LogP contribution in [-0.2, 0) is 0 Å². The molecule has 0 aliphatic carbocycles. The molecule has 1 fully saturated rings. The molecule has 6 heteroatoms. The van der Waals surface area contributed by atoms with Crippen LogP contribution in [-0.4, -0.2) is 65.6 Å². The third-order valence-electron chi connectivity index (χ3n) is 7.78. The van der Waals surface area contributed by atoms with E-state index in [1.165, 1.54) is 16.0 Å². The summed E-state index contributed by atoms with van der Waals surface area (Å²) in [6, 6.07) is 17.4. The van der Waals surface area contributed by atoms with Crippen LogP contribution in [0.3, 0.4) is 0 Å². The highest BCUT2D eigenvalue weighted by atomic mass is 16.5. The first-order chi connectivity index (χ1) is 17.8. The van der Waals surface area contributed by atoms with Crippen LogP contribution >= 0.6 is 0 Å². The fourth-order valence-corrected chi connectivity index (χ4v) is 5.78. The summed E-state index contributed by atoms with van der Waals surface area (Å²) in [4.78, 5) is 30.1. The molecule has 6 nitrogen and oxygen atoms in total. The van der Waals surface area contributed by atoms with E-state index in [1.807, 2.05) is 48.5 Å². The number of imide groups is 1. The molecule has 1 N–H and O–H groups in total. The van der Waals surface area contributed by atoms with Crippen molar-refractivity contribution in [3.63, 3.8) is 0 Å². The zero-order valence-corrected chi connectivity index (χ0v) is 21.9. The molecular weight excluding hydrogens is 464 g/mol. The molecule has 3 aromatic carbocycles. The van der Waals surface area contributed by atoms with Gasteiger partial charge in [-0.05, 0) is 85.5 Å². The van der Waals surface area contributed by atoms with E-state index in [0.717, 1.165) is 42.5 Å². The van der Waals surface area contributed by atoms with Crippen LogP contribution in [0.2, 0.25) is 0 Å². The van der Waals surface area contributed by atoms with Gasteiger partial charge in [-0.3, -0.25) is 14.5 Å². The number of likely N-dealkylation sites (tertiary alicyclic amines) is 1. The molecule has 5 rings (SSSR count). The largest absolute Gasteiger partial charge is 0.491 e. The average Bonchev–Trinajstić information content (AvgIpc) is 2.89. The van der Waals surface area contributed by atoms with E-state index in [4.69, 9.17) is 4.74 Å². The normalized spacial score (nSPS) is 17.6. The Hall–Kier alpha value is -3.22. The van der Waals surface area contributed by atoms with Gasteiger partial charge in [-0.25, -0.2) is 0 Å². The number of carbonyl (C=O) groups is 2. The van der Waals surface area contributed by atoms with E-state index in [-0.39, 0.29) is 24.3 Å². The molecule has 2 aliphatic rings. The van der Waals surface area contributed by atoms with Crippen LogP contribution in [0.15, 0.2) is 54.6 Å². The molecule has 2 amide bonds. The molecule has 194 valence electrons. The Bertz CT molecular complexity index is 1260. The number of aliphatic hydroxyl groups is 1. The van der Waals surface area contributed by atoms with Gasteiger partial charge in [-0.1, -0.05) is 44.2 Å². The van der Waals surface area contributed by atoms with Crippen LogP contribution in [0.1, 0.15) is 64.4 Å². The van der Waals surface area contributed by atoms with Crippen LogP contribution in [0, 0.1) is 12.8 Å². The number of benzene rings is 3. The standard InChI is InChI=1S/C31H36N2O4/c1-20(2)26-11-10-25(16-21(26)3)37-19-24(34)18-32-14-12-22(13-15-32)17-33-30(35)27-8-4-6-23-7-5-9-28(29(23)27)31(33)36/h4-11,16,20,22,24,34H,12-15,17-19H2,1-3H3. The van der Waals surface area contributed by atoms with E-state index in [2.05, 4.69) is 31.7 Å². The van der Waals surface area contributed by atoms with Crippen molar-refractivity contribution >= 4 is 22.6 Å². The van der Waals surface area contributed by atoms with Crippen molar-refractivity contribution in [3.05, 3.63) is 76.9 Å². The molecule has 1 saturated heterocycles. The van der Waals surface area contributed by atoms with Gasteiger partial charge in [0.15, 0.2) is 0 Å². The minimum absolute atomic E-state index is 0.194. The van der Waals surface area contributed by atoms with Crippen LogP contribution < -0.4 is 4.74 Å². The van der Waals surface area contributed by atoms with Crippen LogP contribution in [0.25, 0.3) is 10.8 Å². The second kappa shape index (κ2) is 10.6. The van der Waals surface area contributed by atoms with Gasteiger partial charge in [0.05, 0.1) is 0 Å². The Morgan fingerprint density at radius 2 is 1.62 bits per heavy atom. The maximum atomic E-state index is 13.2. The summed E-state index contributed by atoms with van der Waals surface area (Å²) >= 11 is 0. The summed E-state index contributed by atoms with van der Waals surface area (Å²) in [7, 11) is 0. The molecular formula is C31H36N2O4. The summed E-state index contributed by atoms with van der Waals surface area (Å²) in [5.74, 6) is 1.12. The molecule has 0 spiro atoms. The minimum Gasteiger partial charge on any atom is -0.491 e. The van der Waals surface area contributed by atoms with E-state index >= 15 is 0 Å². The Balaban J connectivity index is 1.12. The van der Waals surface area contributed by atoms with Crippen molar-refractivity contribution in [1.82, 2.24) is 9.80 Å². The van der Waals surface area contributed by atoms with Crippen molar-refractivity contribution in [2.45, 2.75) is 45.6 Å². The lowest BCUT2D eigenvalue weighted by Crippen LogP contribution is -2.46. The molecule has 1 atom stereocenters. The number of β-amino-alcohol motifs (C(OH)–C–C–N with tert-alkyl or cyclic N) is 1.